The Labute approximate surface area is 112 Å². The minimum atomic E-state index is -0.930. The van der Waals surface area contributed by atoms with Gasteiger partial charge in [-0.2, -0.15) is 0 Å². The molecular weight excluding hydrogens is 244 g/mol. The number of ether oxygens (including phenoxy) is 2. The Balaban J connectivity index is 2.27. The monoisotopic (exact) mass is 262 g/mol. The topological polar surface area (TPSA) is 52.6 Å². The molecule has 0 aliphatic carbocycles. The summed E-state index contributed by atoms with van der Waals surface area (Å²) in [7, 11) is 1.52. The maximum absolute atomic E-state index is 11.8. The molecule has 0 amide bonds. The van der Waals surface area contributed by atoms with E-state index in [1.54, 1.807) is 19.1 Å². The van der Waals surface area contributed by atoms with Crippen LogP contribution in [0.5, 0.6) is 5.75 Å². The Hall–Kier alpha value is -1.68. The highest BCUT2D eigenvalue weighted by molar-refractivity contribution is 5.85. The molecule has 0 N–H and O–H groups in total. The third-order valence-corrected chi connectivity index (χ3v) is 3.90. The lowest BCUT2D eigenvalue weighted by Gasteiger charge is -2.37. The number of aldehydes is 1. The second-order valence-electron chi connectivity index (χ2n) is 5.00. The Kier molecular flexibility index (Phi) is 3.71. The fourth-order valence-electron chi connectivity index (χ4n) is 2.37. The predicted molar refractivity (Wildman–Crippen MR) is 70.7 cm³/mol. The fraction of sp³-hybridized carbons (Fsp3) is 0.467. The van der Waals surface area contributed by atoms with Gasteiger partial charge in [0.15, 0.2) is 11.4 Å². The number of benzene rings is 1. The van der Waals surface area contributed by atoms with Gasteiger partial charge in [-0.1, -0.05) is 0 Å². The molecule has 0 unspecified atom stereocenters. The van der Waals surface area contributed by atoms with Crippen LogP contribution in [0.15, 0.2) is 18.2 Å². The largest absolute Gasteiger partial charge is 0.487 e. The van der Waals surface area contributed by atoms with E-state index in [9.17, 15) is 9.59 Å². The molecule has 1 aliphatic heterocycles. The van der Waals surface area contributed by atoms with Crippen molar-refractivity contribution in [1.29, 1.82) is 0 Å². The van der Waals surface area contributed by atoms with Gasteiger partial charge in [0.25, 0.3) is 0 Å². The molecule has 2 rings (SSSR count). The Morgan fingerprint density at radius 3 is 2.84 bits per heavy atom. The average Bonchev–Trinajstić information content (AvgIpc) is 2.44. The molecule has 1 aromatic carbocycles. The lowest BCUT2D eigenvalue weighted by atomic mass is 9.87. The summed E-state index contributed by atoms with van der Waals surface area (Å²) in [5, 5.41) is 0. The third-order valence-electron chi connectivity index (χ3n) is 3.90. The van der Waals surface area contributed by atoms with Crippen LogP contribution in [-0.2, 0) is 16.0 Å². The van der Waals surface area contributed by atoms with Crippen LogP contribution in [0.4, 0.5) is 0 Å². The van der Waals surface area contributed by atoms with Crippen molar-refractivity contribution < 1.29 is 19.1 Å². The van der Waals surface area contributed by atoms with Gasteiger partial charge in [-0.3, -0.25) is 9.59 Å². The van der Waals surface area contributed by atoms with Crippen molar-refractivity contribution in [3.63, 3.8) is 0 Å². The van der Waals surface area contributed by atoms with E-state index in [0.29, 0.717) is 12.0 Å². The summed E-state index contributed by atoms with van der Waals surface area (Å²) in [5.41, 5.74) is 0.714. The van der Waals surface area contributed by atoms with E-state index in [4.69, 9.17) is 9.47 Å². The van der Waals surface area contributed by atoms with Crippen molar-refractivity contribution in [1.82, 2.24) is 0 Å². The minimum Gasteiger partial charge on any atom is -0.487 e. The van der Waals surface area contributed by atoms with Gasteiger partial charge in [-0.05, 0) is 50.5 Å². The van der Waals surface area contributed by atoms with Crippen molar-refractivity contribution in [2.24, 2.45) is 0 Å². The molecule has 4 nitrogen and oxygen atoms in total. The summed E-state index contributed by atoms with van der Waals surface area (Å²) >= 11 is 0. The van der Waals surface area contributed by atoms with Crippen molar-refractivity contribution in [3.8, 4) is 5.75 Å². The van der Waals surface area contributed by atoms with Gasteiger partial charge in [0, 0.05) is 12.7 Å². The Morgan fingerprint density at radius 1 is 1.53 bits per heavy atom. The number of rotatable bonds is 4. The second kappa shape index (κ2) is 5.13. The molecule has 2 atom stereocenters. The highest BCUT2D eigenvalue weighted by atomic mass is 16.5. The SMILES string of the molecule is CO[C@](C)(C(C)=O)[C@H]1CCc2cc(C=O)ccc2O1. The van der Waals surface area contributed by atoms with Gasteiger partial charge in [0.1, 0.15) is 18.1 Å². The van der Waals surface area contributed by atoms with E-state index in [1.165, 1.54) is 14.0 Å². The van der Waals surface area contributed by atoms with Gasteiger partial charge in [-0.25, -0.2) is 0 Å². The zero-order valence-electron chi connectivity index (χ0n) is 11.4. The summed E-state index contributed by atoms with van der Waals surface area (Å²) in [4.78, 5) is 22.5. The molecule has 0 saturated carbocycles. The van der Waals surface area contributed by atoms with E-state index >= 15 is 0 Å². The number of fused-ring (bicyclic) bond motifs is 1. The van der Waals surface area contributed by atoms with E-state index in [2.05, 4.69) is 0 Å². The van der Waals surface area contributed by atoms with Gasteiger partial charge in [0.05, 0.1) is 0 Å². The van der Waals surface area contributed by atoms with Crippen LogP contribution in [0.2, 0.25) is 0 Å². The van der Waals surface area contributed by atoms with Crippen LogP contribution >= 0.6 is 0 Å². The first-order valence-corrected chi connectivity index (χ1v) is 6.32. The molecule has 4 heteroatoms. The number of methoxy groups -OCH3 is 1. The smallest absolute Gasteiger partial charge is 0.165 e. The van der Waals surface area contributed by atoms with Crippen LogP contribution in [0.3, 0.4) is 0 Å². The first-order valence-electron chi connectivity index (χ1n) is 6.32. The second-order valence-corrected chi connectivity index (χ2v) is 5.00. The summed E-state index contributed by atoms with van der Waals surface area (Å²) < 4.78 is 11.3. The molecule has 0 saturated heterocycles. The first-order chi connectivity index (χ1) is 9.01. The lowest BCUT2D eigenvalue weighted by Crippen LogP contribution is -2.51. The zero-order valence-corrected chi connectivity index (χ0v) is 11.4. The molecule has 1 heterocycles. The highest BCUT2D eigenvalue weighted by Gasteiger charge is 2.42. The summed E-state index contributed by atoms with van der Waals surface area (Å²) in [6, 6.07) is 5.32. The number of carbonyl (C=O) groups excluding carboxylic acids is 2. The van der Waals surface area contributed by atoms with E-state index < -0.39 is 5.60 Å². The van der Waals surface area contributed by atoms with E-state index in [-0.39, 0.29) is 11.9 Å². The van der Waals surface area contributed by atoms with Crippen molar-refractivity contribution in [2.75, 3.05) is 7.11 Å². The molecule has 0 aromatic heterocycles. The predicted octanol–water partition coefficient (Wildman–Crippen LogP) is 2.19. The molecule has 1 aliphatic rings. The van der Waals surface area contributed by atoms with Gasteiger partial charge in [-0.15, -0.1) is 0 Å². The Morgan fingerprint density at radius 2 is 2.26 bits per heavy atom. The molecule has 0 bridgehead atoms. The molecule has 1 aromatic rings. The third kappa shape index (κ3) is 2.40. The van der Waals surface area contributed by atoms with Crippen LogP contribution < -0.4 is 4.74 Å². The van der Waals surface area contributed by atoms with E-state index in [0.717, 1.165) is 24.0 Å². The Bertz CT molecular complexity index is 509. The van der Waals surface area contributed by atoms with Gasteiger partial charge < -0.3 is 9.47 Å². The molecule has 0 spiro atoms. The lowest BCUT2D eigenvalue weighted by molar-refractivity contribution is -0.149. The van der Waals surface area contributed by atoms with Crippen LogP contribution in [0, 0.1) is 0 Å². The van der Waals surface area contributed by atoms with Crippen molar-refractivity contribution in [3.05, 3.63) is 29.3 Å². The first kappa shape index (κ1) is 13.7. The molecule has 102 valence electrons. The van der Waals surface area contributed by atoms with Crippen molar-refractivity contribution >= 4 is 12.1 Å². The van der Waals surface area contributed by atoms with Crippen LogP contribution in [0.25, 0.3) is 0 Å². The number of ketones is 1. The van der Waals surface area contributed by atoms with Crippen LogP contribution in [-0.4, -0.2) is 30.9 Å². The highest BCUT2D eigenvalue weighted by Crippen LogP contribution is 2.33. The number of hydrogen-bond donors (Lipinski definition) is 0. The number of aryl methyl sites for hydroxylation is 1. The number of Topliss-reactive ketones (excluding diaryl/α,β-unsaturated/α-hetero) is 1. The molecule has 0 fully saturated rings. The average molecular weight is 262 g/mol. The fourth-order valence-corrected chi connectivity index (χ4v) is 2.37. The molecule has 0 radical (unpaired) electrons. The quantitative estimate of drug-likeness (QED) is 0.780. The normalized spacial score (nSPS) is 20.9. The number of hydrogen-bond acceptors (Lipinski definition) is 4. The maximum Gasteiger partial charge on any atom is 0.165 e. The standard InChI is InChI=1S/C15H18O4/c1-10(17)15(2,18-3)14-7-5-12-8-11(9-16)4-6-13(12)19-14/h4,6,8-9,14H,5,7H2,1-3H3/t14-,15-/m1/s1. The summed E-state index contributed by atoms with van der Waals surface area (Å²) in [5.74, 6) is 0.680. The number of carbonyl (C=O) groups is 2. The van der Waals surface area contributed by atoms with Gasteiger partial charge >= 0.3 is 0 Å². The maximum atomic E-state index is 11.8. The molecular formula is C15H18O4. The summed E-state index contributed by atoms with van der Waals surface area (Å²) in [6.07, 6.45) is 1.98. The summed E-state index contributed by atoms with van der Waals surface area (Å²) in [6.45, 7) is 3.27. The van der Waals surface area contributed by atoms with Crippen molar-refractivity contribution in [2.45, 2.75) is 38.4 Å². The van der Waals surface area contributed by atoms with Crippen LogP contribution in [0.1, 0.15) is 36.2 Å². The van der Waals surface area contributed by atoms with E-state index in [1.807, 2.05) is 6.07 Å². The van der Waals surface area contributed by atoms with Gasteiger partial charge in [0.2, 0.25) is 0 Å². The zero-order chi connectivity index (χ0) is 14.0. The molecule has 19 heavy (non-hydrogen) atoms. The minimum absolute atomic E-state index is 0.0482.